The number of rotatable bonds is 2. The van der Waals surface area contributed by atoms with E-state index in [0.29, 0.717) is 5.92 Å². The Labute approximate surface area is 41.3 Å². The first kappa shape index (κ1) is 6.18. The van der Waals surface area contributed by atoms with Crippen molar-refractivity contribution >= 4 is 9.76 Å². The van der Waals surface area contributed by atoms with Crippen LogP contribution in [0.2, 0.25) is 6.04 Å². The van der Waals surface area contributed by atoms with E-state index in [4.69, 9.17) is 0 Å². The third-order valence-electron chi connectivity index (χ3n) is 0.695. The first-order valence-electron chi connectivity index (χ1n) is 2.35. The van der Waals surface area contributed by atoms with Crippen LogP contribution < -0.4 is 0 Å². The highest BCUT2D eigenvalue weighted by Crippen LogP contribution is 1.95. The summed E-state index contributed by atoms with van der Waals surface area (Å²) in [5.41, 5.74) is 0. The van der Waals surface area contributed by atoms with Gasteiger partial charge in [0.25, 0.3) is 0 Å². The molecule has 0 fully saturated rings. The molecule has 1 radical (unpaired) electrons. The van der Waals surface area contributed by atoms with Crippen molar-refractivity contribution < 1.29 is 4.80 Å². The molecule has 0 unspecified atom stereocenters. The molecule has 0 N–H and O–H groups in total. The summed E-state index contributed by atoms with van der Waals surface area (Å²) in [5.74, 6) is 0.647. The van der Waals surface area contributed by atoms with Gasteiger partial charge < -0.3 is 4.80 Å². The van der Waals surface area contributed by atoms with E-state index < -0.39 is 9.76 Å². The van der Waals surface area contributed by atoms with E-state index in [1.165, 1.54) is 0 Å². The second-order valence-electron chi connectivity index (χ2n) is 1.89. The SMILES string of the molecule is CC(C)C[SiH2][O]. The van der Waals surface area contributed by atoms with Gasteiger partial charge in [-0.2, -0.15) is 0 Å². The van der Waals surface area contributed by atoms with Crippen molar-refractivity contribution in [1.29, 1.82) is 0 Å². The molecule has 0 aliphatic heterocycles. The molecule has 37 valence electrons. The molecule has 0 aliphatic carbocycles. The van der Waals surface area contributed by atoms with Crippen LogP contribution in [0.4, 0.5) is 0 Å². The van der Waals surface area contributed by atoms with E-state index in [2.05, 4.69) is 13.8 Å². The predicted molar refractivity (Wildman–Crippen MR) is 28.9 cm³/mol. The van der Waals surface area contributed by atoms with E-state index >= 15 is 0 Å². The minimum atomic E-state index is -0.883. The molecule has 0 aromatic carbocycles. The van der Waals surface area contributed by atoms with Crippen molar-refractivity contribution in [3.8, 4) is 0 Å². The standard InChI is InChI=1S/C4H11OSi/c1-4(2)3-6-5/h4H,3,6H2,1-2H3. The van der Waals surface area contributed by atoms with E-state index in [-0.39, 0.29) is 0 Å². The summed E-state index contributed by atoms with van der Waals surface area (Å²) in [7, 11) is -0.883. The molecule has 0 atom stereocenters. The van der Waals surface area contributed by atoms with Crippen molar-refractivity contribution in [2.45, 2.75) is 19.9 Å². The smallest absolute Gasteiger partial charge is 0.207 e. The minimum Gasteiger partial charge on any atom is -0.306 e. The van der Waals surface area contributed by atoms with Crippen LogP contribution in [0.15, 0.2) is 0 Å². The van der Waals surface area contributed by atoms with Gasteiger partial charge in [0.2, 0.25) is 9.76 Å². The van der Waals surface area contributed by atoms with Gasteiger partial charge in [0.05, 0.1) is 0 Å². The van der Waals surface area contributed by atoms with E-state index in [0.717, 1.165) is 6.04 Å². The lowest BCUT2D eigenvalue weighted by molar-refractivity contribution is 0.463. The van der Waals surface area contributed by atoms with Crippen molar-refractivity contribution in [1.82, 2.24) is 0 Å². The van der Waals surface area contributed by atoms with Crippen LogP contribution in [0.1, 0.15) is 13.8 Å². The van der Waals surface area contributed by atoms with Gasteiger partial charge in [-0.15, -0.1) is 0 Å². The Kier molecular flexibility index (Phi) is 3.47. The monoisotopic (exact) mass is 103 g/mol. The summed E-state index contributed by atoms with van der Waals surface area (Å²) in [5, 5.41) is 0. The Morgan fingerprint density at radius 3 is 2.17 bits per heavy atom. The summed E-state index contributed by atoms with van der Waals surface area (Å²) in [6.07, 6.45) is 0. The fraction of sp³-hybridized carbons (Fsp3) is 1.00. The third kappa shape index (κ3) is 4.18. The zero-order chi connectivity index (χ0) is 4.99. The van der Waals surface area contributed by atoms with Gasteiger partial charge in [-0.25, -0.2) is 0 Å². The molecule has 6 heavy (non-hydrogen) atoms. The van der Waals surface area contributed by atoms with Gasteiger partial charge in [0, 0.05) is 0 Å². The van der Waals surface area contributed by atoms with Crippen LogP contribution in [-0.2, 0) is 4.80 Å². The summed E-state index contributed by atoms with van der Waals surface area (Å²) in [6, 6.07) is 0.958. The molecule has 0 aromatic heterocycles. The number of hydrogen-bond acceptors (Lipinski definition) is 0. The Morgan fingerprint density at radius 2 is 2.17 bits per heavy atom. The Morgan fingerprint density at radius 1 is 1.67 bits per heavy atom. The van der Waals surface area contributed by atoms with Crippen LogP contribution in [0.25, 0.3) is 0 Å². The van der Waals surface area contributed by atoms with Gasteiger partial charge in [0.15, 0.2) is 0 Å². The van der Waals surface area contributed by atoms with Crippen molar-refractivity contribution in [3.63, 3.8) is 0 Å². The quantitative estimate of drug-likeness (QED) is 0.455. The summed E-state index contributed by atoms with van der Waals surface area (Å²) >= 11 is 0. The van der Waals surface area contributed by atoms with Crippen LogP contribution in [0, 0.1) is 5.92 Å². The lowest BCUT2D eigenvalue weighted by Gasteiger charge is -1.93. The lowest BCUT2D eigenvalue weighted by Crippen LogP contribution is -1.90. The van der Waals surface area contributed by atoms with E-state index in [1.807, 2.05) is 0 Å². The second kappa shape index (κ2) is 3.37. The van der Waals surface area contributed by atoms with Crippen LogP contribution in [-0.4, -0.2) is 9.76 Å². The molecule has 0 rings (SSSR count). The van der Waals surface area contributed by atoms with Gasteiger partial charge in [0.1, 0.15) is 0 Å². The Hall–Kier alpha value is 0.177. The van der Waals surface area contributed by atoms with Crippen LogP contribution >= 0.6 is 0 Å². The Bertz CT molecular complexity index is 28.7. The summed E-state index contributed by atoms with van der Waals surface area (Å²) < 4.78 is 0. The van der Waals surface area contributed by atoms with Crippen LogP contribution in [0.5, 0.6) is 0 Å². The van der Waals surface area contributed by atoms with Crippen molar-refractivity contribution in [2.75, 3.05) is 0 Å². The molecule has 0 aliphatic rings. The Balaban J connectivity index is 2.63. The van der Waals surface area contributed by atoms with Crippen molar-refractivity contribution in [3.05, 3.63) is 0 Å². The van der Waals surface area contributed by atoms with Crippen LogP contribution in [0.3, 0.4) is 0 Å². The summed E-state index contributed by atoms with van der Waals surface area (Å²) in [4.78, 5) is 9.88. The molecule has 0 aromatic rings. The first-order valence-corrected chi connectivity index (χ1v) is 3.93. The van der Waals surface area contributed by atoms with Gasteiger partial charge >= 0.3 is 0 Å². The topological polar surface area (TPSA) is 19.9 Å². The second-order valence-corrected chi connectivity index (χ2v) is 2.87. The van der Waals surface area contributed by atoms with E-state index in [1.54, 1.807) is 0 Å². The molecule has 0 heterocycles. The highest BCUT2D eigenvalue weighted by atomic mass is 28.2. The highest BCUT2D eigenvalue weighted by molar-refractivity contribution is 6.24. The largest absolute Gasteiger partial charge is 0.306 e. The molecular formula is C4H11OSi. The van der Waals surface area contributed by atoms with Gasteiger partial charge in [-0.1, -0.05) is 13.8 Å². The zero-order valence-corrected chi connectivity index (χ0v) is 5.81. The molecule has 1 nitrogen and oxygen atoms in total. The maximum atomic E-state index is 9.88. The minimum absolute atomic E-state index is 0.647. The van der Waals surface area contributed by atoms with Gasteiger partial charge in [-0.05, 0) is 12.0 Å². The maximum absolute atomic E-state index is 9.88. The predicted octanol–water partition coefficient (Wildman–Crippen LogP) is 0.575. The molecule has 0 saturated heterocycles. The molecular weight excluding hydrogens is 92.1 g/mol. The third-order valence-corrected chi connectivity index (χ3v) is 2.09. The fourth-order valence-corrected chi connectivity index (χ4v) is 0.707. The maximum Gasteiger partial charge on any atom is 0.207 e. The average Bonchev–Trinajstić information content (AvgIpc) is 1.35. The van der Waals surface area contributed by atoms with Gasteiger partial charge in [-0.3, -0.25) is 0 Å². The number of hydrogen-bond donors (Lipinski definition) is 0. The van der Waals surface area contributed by atoms with E-state index in [9.17, 15) is 4.80 Å². The average molecular weight is 103 g/mol. The first-order chi connectivity index (χ1) is 2.77. The highest BCUT2D eigenvalue weighted by Gasteiger charge is 1.89. The fourth-order valence-electron chi connectivity index (χ4n) is 0.236. The lowest BCUT2D eigenvalue weighted by atomic mass is 10.3. The molecule has 0 bridgehead atoms. The molecule has 0 spiro atoms. The molecule has 0 saturated carbocycles. The van der Waals surface area contributed by atoms with Crippen molar-refractivity contribution in [2.24, 2.45) is 5.92 Å². The zero-order valence-electron chi connectivity index (χ0n) is 4.40. The molecule has 2 heteroatoms. The summed E-state index contributed by atoms with van der Waals surface area (Å²) in [6.45, 7) is 4.18. The molecule has 0 amide bonds. The normalized spacial score (nSPS) is 12.0.